The van der Waals surface area contributed by atoms with Crippen LogP contribution in [0.3, 0.4) is 0 Å². The molecule has 0 N–H and O–H groups in total. The molecule has 55 valence electrons. The molecule has 0 aliphatic rings. The maximum atomic E-state index is 3.49. The van der Waals surface area contributed by atoms with Crippen LogP contribution in [-0.4, -0.2) is 0 Å². The minimum atomic E-state index is 0. The SMILES string of the molecule is C.C.C.[CH2-]CC.[CH3-].[Y]. The molecule has 0 fully saturated rings. The maximum Gasteiger partial charge on any atom is 0 e. The third-order valence-electron chi connectivity index (χ3n) is 0. The Morgan fingerprint density at radius 3 is 1.12 bits per heavy atom. The van der Waals surface area contributed by atoms with Crippen molar-refractivity contribution in [3.63, 3.8) is 0 Å². The van der Waals surface area contributed by atoms with Gasteiger partial charge in [-0.25, -0.2) is 0 Å². The van der Waals surface area contributed by atoms with E-state index < -0.39 is 0 Å². The number of hydrogen-bond acceptors (Lipinski definition) is 0. The maximum absolute atomic E-state index is 3.49. The Morgan fingerprint density at radius 1 is 1.12 bits per heavy atom. The fraction of sp³-hybridized carbons (Fsp3) is 0.714. The Bertz CT molecular complexity index is 4.35. The van der Waals surface area contributed by atoms with Gasteiger partial charge in [-0.2, -0.15) is 6.42 Å². The van der Waals surface area contributed by atoms with Crippen molar-refractivity contribution in [2.45, 2.75) is 35.6 Å². The van der Waals surface area contributed by atoms with E-state index in [1.807, 2.05) is 6.92 Å². The second-order valence-corrected chi connectivity index (χ2v) is 0.500. The first kappa shape index (κ1) is 62.1. The largest absolute Gasteiger partial charge is 0.358 e. The minimum Gasteiger partial charge on any atom is -0.358 e. The fourth-order valence-corrected chi connectivity index (χ4v) is 0. The van der Waals surface area contributed by atoms with Gasteiger partial charge >= 0.3 is 0 Å². The van der Waals surface area contributed by atoms with Crippen LogP contribution >= 0.6 is 0 Å². The van der Waals surface area contributed by atoms with E-state index in [1.54, 1.807) is 0 Å². The molecule has 0 amide bonds. The third-order valence-corrected chi connectivity index (χ3v) is 0. The van der Waals surface area contributed by atoms with Crippen molar-refractivity contribution in [3.8, 4) is 0 Å². The van der Waals surface area contributed by atoms with Crippen LogP contribution in [0.15, 0.2) is 0 Å². The van der Waals surface area contributed by atoms with E-state index in [0.29, 0.717) is 0 Å². The van der Waals surface area contributed by atoms with Gasteiger partial charge in [0.25, 0.3) is 0 Å². The molecule has 0 saturated heterocycles. The van der Waals surface area contributed by atoms with E-state index >= 15 is 0 Å². The average Bonchev–Trinajstić information content (AvgIpc) is 0.918. The molecule has 0 aromatic carbocycles. The van der Waals surface area contributed by atoms with Crippen molar-refractivity contribution in [1.29, 1.82) is 0 Å². The van der Waals surface area contributed by atoms with E-state index in [2.05, 4.69) is 6.92 Å². The quantitative estimate of drug-likeness (QED) is 0.518. The smallest absolute Gasteiger partial charge is 0 e. The molecule has 0 heterocycles. The summed E-state index contributed by atoms with van der Waals surface area (Å²) in [5.41, 5.74) is 0. The van der Waals surface area contributed by atoms with Crippen molar-refractivity contribution >= 4 is 0 Å². The molecule has 0 bridgehead atoms. The number of rotatable bonds is 0. The zero-order valence-corrected chi connectivity index (χ0v) is 6.83. The summed E-state index contributed by atoms with van der Waals surface area (Å²) in [5, 5.41) is 0. The first-order valence-corrected chi connectivity index (χ1v) is 1.21. The van der Waals surface area contributed by atoms with Crippen molar-refractivity contribution < 1.29 is 32.7 Å². The summed E-state index contributed by atoms with van der Waals surface area (Å²) in [5.74, 6) is 0. The van der Waals surface area contributed by atoms with Crippen LogP contribution < -0.4 is 0 Å². The summed E-state index contributed by atoms with van der Waals surface area (Å²) >= 11 is 0. The normalized spacial score (nSPS) is 2.25. The second kappa shape index (κ2) is 92.4. The molecule has 8 heavy (non-hydrogen) atoms. The molecule has 0 aliphatic heterocycles. The molecule has 0 unspecified atom stereocenters. The van der Waals surface area contributed by atoms with Crippen molar-refractivity contribution in [3.05, 3.63) is 14.4 Å². The average molecular weight is 195 g/mol. The van der Waals surface area contributed by atoms with E-state index in [-0.39, 0.29) is 62.4 Å². The van der Waals surface area contributed by atoms with E-state index in [9.17, 15) is 0 Å². The summed E-state index contributed by atoms with van der Waals surface area (Å²) in [6, 6.07) is 0. The topological polar surface area (TPSA) is 0 Å². The summed E-state index contributed by atoms with van der Waals surface area (Å²) < 4.78 is 0. The van der Waals surface area contributed by atoms with Gasteiger partial charge in [-0.1, -0.05) is 29.2 Å². The van der Waals surface area contributed by atoms with Gasteiger partial charge in [0, 0.05) is 32.7 Å². The predicted molar refractivity (Wildman–Crippen MR) is 42.3 cm³/mol. The first-order valence-electron chi connectivity index (χ1n) is 1.21. The summed E-state index contributed by atoms with van der Waals surface area (Å²) in [4.78, 5) is 0. The van der Waals surface area contributed by atoms with Gasteiger partial charge in [-0.05, 0) is 0 Å². The van der Waals surface area contributed by atoms with Crippen LogP contribution in [0.4, 0.5) is 0 Å². The molecular weight excluding hydrogens is 173 g/mol. The molecule has 0 aromatic rings. The van der Waals surface area contributed by atoms with E-state index in [4.69, 9.17) is 0 Å². The standard InChI is InChI=1S/C3H7.3CH4.CH3.Y/c1-3-2;;;;;/h1,3H2,2H3;3*1H4;1H3;/q-1;;;;-1;. The van der Waals surface area contributed by atoms with Crippen LogP contribution in [-0.2, 0) is 32.7 Å². The van der Waals surface area contributed by atoms with Crippen LogP contribution in [0.2, 0.25) is 0 Å². The molecule has 0 aliphatic carbocycles. The molecule has 0 saturated carbocycles. The summed E-state index contributed by atoms with van der Waals surface area (Å²) in [6.07, 6.45) is 1.00. The van der Waals surface area contributed by atoms with Crippen LogP contribution in [0.5, 0.6) is 0 Å². The van der Waals surface area contributed by atoms with Crippen LogP contribution in [0.25, 0.3) is 0 Å². The molecule has 0 aromatic heterocycles. The van der Waals surface area contributed by atoms with Gasteiger partial charge in [0.15, 0.2) is 0 Å². The molecule has 0 rings (SSSR count). The monoisotopic (exact) mass is 195 g/mol. The predicted octanol–water partition coefficient (Wildman–Crippen LogP) is 3.59. The van der Waals surface area contributed by atoms with E-state index in [0.717, 1.165) is 6.42 Å². The van der Waals surface area contributed by atoms with Crippen molar-refractivity contribution in [2.75, 3.05) is 0 Å². The molecular formula is C7H22Y-2. The van der Waals surface area contributed by atoms with Gasteiger partial charge < -0.3 is 14.4 Å². The Kier molecular flexibility index (Phi) is 717. The molecule has 0 nitrogen and oxygen atoms in total. The third kappa shape index (κ3) is 217. The van der Waals surface area contributed by atoms with Gasteiger partial charge in [0.2, 0.25) is 0 Å². The van der Waals surface area contributed by atoms with E-state index in [1.165, 1.54) is 0 Å². The molecule has 0 atom stereocenters. The Hall–Kier alpha value is 1.10. The molecule has 0 spiro atoms. The zero-order chi connectivity index (χ0) is 2.71. The van der Waals surface area contributed by atoms with Gasteiger partial charge in [0.05, 0.1) is 0 Å². The molecule has 1 heteroatoms. The van der Waals surface area contributed by atoms with Gasteiger partial charge in [-0.3, -0.25) is 0 Å². The van der Waals surface area contributed by atoms with Gasteiger partial charge in [-0.15, -0.1) is 0 Å². The number of hydrogen-bond donors (Lipinski definition) is 0. The minimum absolute atomic E-state index is 0. The first-order chi connectivity index (χ1) is 1.41. The Morgan fingerprint density at radius 2 is 1.12 bits per heavy atom. The second-order valence-electron chi connectivity index (χ2n) is 0.500. The van der Waals surface area contributed by atoms with Crippen LogP contribution in [0.1, 0.15) is 35.6 Å². The zero-order valence-electron chi connectivity index (χ0n) is 3.99. The van der Waals surface area contributed by atoms with Crippen molar-refractivity contribution in [2.24, 2.45) is 0 Å². The van der Waals surface area contributed by atoms with Gasteiger partial charge in [0.1, 0.15) is 0 Å². The summed E-state index contributed by atoms with van der Waals surface area (Å²) in [6.45, 7) is 5.50. The Labute approximate surface area is 82.3 Å². The molecule has 1 radical (unpaired) electrons. The summed E-state index contributed by atoms with van der Waals surface area (Å²) in [7, 11) is 0. The van der Waals surface area contributed by atoms with Crippen LogP contribution in [0, 0.1) is 14.4 Å². The van der Waals surface area contributed by atoms with Crippen molar-refractivity contribution in [1.82, 2.24) is 0 Å². The Balaban J connectivity index is -0.00000000200. The fourth-order valence-electron chi connectivity index (χ4n) is 0.